The van der Waals surface area contributed by atoms with Crippen molar-refractivity contribution in [2.75, 3.05) is 0 Å². The lowest BCUT2D eigenvalue weighted by molar-refractivity contribution is 1.07. The zero-order valence-electron chi connectivity index (χ0n) is 31.6. The summed E-state index contributed by atoms with van der Waals surface area (Å²) in [4.78, 5) is 14.2. The summed E-state index contributed by atoms with van der Waals surface area (Å²) in [5, 5.41) is 4.67. The molecule has 0 aliphatic heterocycles. The maximum Gasteiger partial charge on any atom is 0.164 e. The van der Waals surface area contributed by atoms with Crippen LogP contribution in [0.15, 0.2) is 176 Å². The Kier molecular flexibility index (Phi) is 5.35. The molecule has 0 atom stereocenters. The van der Waals surface area contributed by atoms with Crippen LogP contribution >= 0.6 is 0 Å². The molecule has 0 spiro atoms. The van der Waals surface area contributed by atoms with Crippen LogP contribution in [0.3, 0.4) is 0 Å². The van der Waals surface area contributed by atoms with Crippen LogP contribution in [0, 0.1) is 0 Å². The molecule has 0 N–H and O–H groups in total. The highest BCUT2D eigenvalue weighted by atomic mass is 15.0. The maximum atomic E-state index is 8.63. The quantitative estimate of drug-likeness (QED) is 0.187. The zero-order valence-corrected chi connectivity index (χ0v) is 26.6. The average molecular weight is 645 g/mol. The fourth-order valence-corrected chi connectivity index (χ4v) is 7.02. The molecule has 0 bridgehead atoms. The van der Waals surface area contributed by atoms with E-state index in [-0.39, 0.29) is 23.5 Å². The molecule has 50 heavy (non-hydrogen) atoms. The van der Waals surface area contributed by atoms with Crippen molar-refractivity contribution in [3.63, 3.8) is 0 Å². The van der Waals surface area contributed by atoms with Gasteiger partial charge in [0.1, 0.15) is 0 Å². The summed E-state index contributed by atoms with van der Waals surface area (Å²) >= 11 is 0. The van der Waals surface area contributed by atoms with E-state index in [9.17, 15) is 0 Å². The van der Waals surface area contributed by atoms with Crippen LogP contribution in [0.4, 0.5) is 0 Å². The van der Waals surface area contributed by atoms with Gasteiger partial charge in [0.2, 0.25) is 0 Å². The second-order valence-electron chi connectivity index (χ2n) is 12.1. The van der Waals surface area contributed by atoms with E-state index in [1.165, 1.54) is 10.8 Å². The molecule has 0 amide bonds. The van der Waals surface area contributed by atoms with Crippen LogP contribution in [-0.2, 0) is 0 Å². The third kappa shape index (κ3) is 4.52. The summed E-state index contributed by atoms with van der Waals surface area (Å²) in [5.41, 5.74) is 7.75. The topological polar surface area (TPSA) is 48.5 Å². The van der Waals surface area contributed by atoms with Crippen LogP contribution < -0.4 is 0 Å². The number of hydrogen-bond acceptors (Lipinski definition) is 3. The molecule has 3 aromatic heterocycles. The highest BCUT2D eigenvalue weighted by Gasteiger charge is 2.19. The Bertz CT molecular complexity index is 3110. The molecule has 5 nitrogen and oxygen atoms in total. The van der Waals surface area contributed by atoms with Gasteiger partial charge in [-0.1, -0.05) is 115 Å². The molecule has 10 aromatic rings. The van der Waals surface area contributed by atoms with E-state index >= 15 is 0 Å². The van der Waals surface area contributed by atoms with E-state index in [0.29, 0.717) is 22.8 Å². The van der Waals surface area contributed by atoms with Gasteiger partial charge >= 0.3 is 0 Å². The van der Waals surface area contributed by atoms with Gasteiger partial charge in [-0.2, -0.15) is 0 Å². The summed E-state index contributed by atoms with van der Waals surface area (Å²) in [6.07, 6.45) is 0. The van der Waals surface area contributed by atoms with E-state index in [4.69, 9.17) is 16.8 Å². The molecule has 0 saturated heterocycles. The van der Waals surface area contributed by atoms with Crippen molar-refractivity contribution >= 4 is 43.6 Å². The molecule has 0 fully saturated rings. The van der Waals surface area contributed by atoms with E-state index < -0.39 is 18.1 Å². The lowest BCUT2D eigenvalue weighted by Crippen LogP contribution is -2.00. The first-order valence-electron chi connectivity index (χ1n) is 18.9. The minimum Gasteiger partial charge on any atom is -0.309 e. The van der Waals surface area contributed by atoms with Gasteiger partial charge in [-0.15, -0.1) is 0 Å². The molecule has 234 valence electrons. The van der Waals surface area contributed by atoms with Crippen molar-refractivity contribution in [2.24, 2.45) is 0 Å². The lowest BCUT2D eigenvalue weighted by Gasteiger charge is -2.11. The summed E-state index contributed by atoms with van der Waals surface area (Å²) in [6, 6.07) is 47.2. The Balaban J connectivity index is 1.17. The van der Waals surface area contributed by atoms with Gasteiger partial charge in [0, 0.05) is 49.6 Å². The molecule has 5 heteroatoms. The lowest BCUT2D eigenvalue weighted by atomic mass is 10.1. The van der Waals surface area contributed by atoms with Crippen molar-refractivity contribution in [3.05, 3.63) is 176 Å². The molecule has 0 unspecified atom stereocenters. The Labute approximate surface area is 295 Å². The molecular formula is C45H29N5. The molecule has 7 aromatic carbocycles. The highest BCUT2D eigenvalue weighted by Crippen LogP contribution is 2.39. The first kappa shape index (κ1) is 23.5. The highest BCUT2D eigenvalue weighted by molar-refractivity contribution is 6.19. The van der Waals surface area contributed by atoms with E-state index in [1.54, 1.807) is 0 Å². The number of hydrogen-bond donors (Lipinski definition) is 0. The molecular weight excluding hydrogens is 611 g/mol. The van der Waals surface area contributed by atoms with Crippen molar-refractivity contribution in [1.82, 2.24) is 24.1 Å². The Morgan fingerprint density at radius 1 is 0.360 bits per heavy atom. The third-order valence-corrected chi connectivity index (χ3v) is 9.26. The van der Waals surface area contributed by atoms with Crippen molar-refractivity contribution in [2.45, 2.75) is 0 Å². The van der Waals surface area contributed by atoms with E-state index in [1.807, 2.05) is 60.7 Å². The number of aromatic nitrogens is 5. The SMILES string of the molecule is [2H]c1c([2H])c([2H])c(-c2nc(-c3ccccc3)nc(-c3ccc(-n4c5ccccc5c5cc6c7ccccc7n(-c7ccccc7)c6cc54)cc3)n2)c([2H])c1[2H]. The van der Waals surface area contributed by atoms with Crippen LogP contribution in [0.2, 0.25) is 0 Å². The smallest absolute Gasteiger partial charge is 0.164 e. The van der Waals surface area contributed by atoms with Crippen LogP contribution in [0.25, 0.3) is 89.2 Å². The predicted octanol–water partition coefficient (Wildman–Crippen LogP) is 11.1. The van der Waals surface area contributed by atoms with Gasteiger partial charge in [0.05, 0.1) is 28.9 Å². The minimum atomic E-state index is -0.473. The Morgan fingerprint density at radius 3 is 1.40 bits per heavy atom. The second kappa shape index (κ2) is 11.4. The average Bonchev–Trinajstić information content (AvgIpc) is 3.74. The first-order chi connectivity index (χ1) is 26.9. The summed E-state index contributed by atoms with van der Waals surface area (Å²) in [6.45, 7) is 0. The van der Waals surface area contributed by atoms with Crippen LogP contribution in [0.5, 0.6) is 0 Å². The molecule has 0 aliphatic rings. The Hall–Kier alpha value is -6.85. The van der Waals surface area contributed by atoms with Crippen molar-refractivity contribution < 1.29 is 6.85 Å². The number of para-hydroxylation sites is 3. The second-order valence-corrected chi connectivity index (χ2v) is 12.1. The first-order valence-corrected chi connectivity index (χ1v) is 16.4. The molecule has 10 rings (SSSR count). The molecule has 3 heterocycles. The van der Waals surface area contributed by atoms with Gasteiger partial charge in [0.25, 0.3) is 0 Å². The number of fused-ring (bicyclic) bond motifs is 6. The normalized spacial score (nSPS) is 13.0. The molecule has 0 saturated carbocycles. The predicted molar refractivity (Wildman–Crippen MR) is 205 cm³/mol. The van der Waals surface area contributed by atoms with Gasteiger partial charge < -0.3 is 9.13 Å². The fraction of sp³-hybridized carbons (Fsp3) is 0. The van der Waals surface area contributed by atoms with Crippen molar-refractivity contribution in [1.29, 1.82) is 0 Å². The molecule has 0 radical (unpaired) electrons. The fourth-order valence-electron chi connectivity index (χ4n) is 7.02. The maximum absolute atomic E-state index is 8.63. The van der Waals surface area contributed by atoms with Gasteiger partial charge in [-0.3, -0.25) is 0 Å². The summed E-state index contributed by atoms with van der Waals surface area (Å²) < 4.78 is 46.5. The van der Waals surface area contributed by atoms with Crippen LogP contribution in [0.1, 0.15) is 6.85 Å². The van der Waals surface area contributed by atoms with Gasteiger partial charge in [0.15, 0.2) is 17.5 Å². The monoisotopic (exact) mass is 644 g/mol. The van der Waals surface area contributed by atoms with E-state index in [2.05, 4.69) is 99.0 Å². The van der Waals surface area contributed by atoms with Gasteiger partial charge in [-0.05, 0) is 60.7 Å². The number of benzene rings is 7. The number of nitrogens with zero attached hydrogens (tertiary/aromatic N) is 5. The van der Waals surface area contributed by atoms with E-state index in [0.717, 1.165) is 44.2 Å². The minimum absolute atomic E-state index is 0.00477. The zero-order chi connectivity index (χ0) is 37.4. The standard InChI is InChI=1S/C45H29N5/c1-4-14-30(15-5-1)43-46-44(31-16-6-2-7-17-31)48-45(47-43)32-24-26-34(27-25-32)50-40-23-13-11-21-36(40)38-28-37-35-20-10-12-22-39(35)49(41(37)29-42(38)50)33-18-8-3-9-19-33/h1-29H/i1D,4D,5D,14D,15D. The summed E-state index contributed by atoms with van der Waals surface area (Å²) in [5.74, 6) is 0.653. The third-order valence-electron chi connectivity index (χ3n) is 9.26. The van der Waals surface area contributed by atoms with Crippen molar-refractivity contribution in [3.8, 4) is 45.5 Å². The Morgan fingerprint density at radius 2 is 0.820 bits per heavy atom. The largest absolute Gasteiger partial charge is 0.309 e. The van der Waals surface area contributed by atoms with Crippen LogP contribution in [-0.4, -0.2) is 24.1 Å². The van der Waals surface area contributed by atoms with Gasteiger partial charge in [-0.25, -0.2) is 15.0 Å². The summed E-state index contributed by atoms with van der Waals surface area (Å²) in [7, 11) is 0. The number of rotatable bonds is 5. The molecule has 0 aliphatic carbocycles.